The standard InChI is InChI=1S/C77H122O6/c1-4-7-10-13-16-19-22-25-28-30-32-34-36-37-38-39-41-42-44-46-49-52-55-58-61-64-67-70-76(79)82-73-74(72-81-75(78)69-66-63-60-57-54-51-48-27-24-21-18-15-12-9-6-3)83-77(80)71-68-65-62-59-56-53-50-47-45-43-40-35-33-31-29-26-23-20-17-14-11-8-5-2/h7,9-10,12,16,18-19,21,23,25-28,31-34,37-38,41-42,46,48-49,54-55,57-58,74H,4-6,8,11,13-15,17,20,22,24,29-30,35-36,39-40,43-45,47,50-53,56,59-73H2,1-3H3/b10-7-,12-9-,19-16-,21-18-,26-23-,28-25-,33-31-,34-32-,38-37-,42-41-,48-27-,49-46-,57-54-,58-55-. The topological polar surface area (TPSA) is 78.9 Å². The molecule has 6 heteroatoms. The van der Waals surface area contributed by atoms with E-state index in [2.05, 4.69) is 191 Å². The second kappa shape index (κ2) is 69.3. The number of allylic oxidation sites excluding steroid dienone is 28. The van der Waals surface area contributed by atoms with Gasteiger partial charge >= 0.3 is 17.9 Å². The SMILES string of the molecule is CC/C=C\C/C=C\C/C=C\C/C=C\C/C=C\C/C=C\C/C=C\C/C=C\CCCCC(=O)OCC(COC(=O)CCCC/C=C\C/C=C\C/C=C\C/C=C\CC)OC(=O)CCCCCCCCCCCCC/C=C\C/C=C\CCCCCCC. The zero-order chi connectivity index (χ0) is 59.9. The lowest BCUT2D eigenvalue weighted by molar-refractivity contribution is -0.167. The summed E-state index contributed by atoms with van der Waals surface area (Å²) in [6.07, 6.45) is 102. The molecule has 0 rings (SSSR count). The maximum absolute atomic E-state index is 12.9. The van der Waals surface area contributed by atoms with Crippen LogP contribution in [0, 0.1) is 0 Å². The highest BCUT2D eigenvalue weighted by Gasteiger charge is 2.19. The van der Waals surface area contributed by atoms with Gasteiger partial charge in [0.15, 0.2) is 6.10 Å². The van der Waals surface area contributed by atoms with Gasteiger partial charge in [-0.2, -0.15) is 0 Å². The molecule has 0 aliphatic heterocycles. The Morgan fingerprint density at radius 2 is 0.470 bits per heavy atom. The largest absolute Gasteiger partial charge is 0.462 e. The summed E-state index contributed by atoms with van der Waals surface area (Å²) in [6.45, 7) is 6.33. The quantitative estimate of drug-likeness (QED) is 0.0261. The van der Waals surface area contributed by atoms with Gasteiger partial charge in [0.2, 0.25) is 0 Å². The Hall–Kier alpha value is -5.23. The van der Waals surface area contributed by atoms with Gasteiger partial charge in [0.25, 0.3) is 0 Å². The Kier molecular flexibility index (Phi) is 64.9. The van der Waals surface area contributed by atoms with Gasteiger partial charge in [0, 0.05) is 19.3 Å². The maximum atomic E-state index is 12.9. The second-order valence-electron chi connectivity index (χ2n) is 21.6. The molecule has 0 heterocycles. The van der Waals surface area contributed by atoms with Crippen molar-refractivity contribution in [3.63, 3.8) is 0 Å². The molecule has 0 aromatic carbocycles. The van der Waals surface area contributed by atoms with Crippen molar-refractivity contribution in [2.45, 2.75) is 284 Å². The predicted octanol–water partition coefficient (Wildman–Crippen LogP) is 23.4. The van der Waals surface area contributed by atoms with E-state index in [0.717, 1.165) is 128 Å². The van der Waals surface area contributed by atoms with Gasteiger partial charge < -0.3 is 14.2 Å². The molecule has 0 spiro atoms. The minimum atomic E-state index is -0.825. The van der Waals surface area contributed by atoms with Crippen LogP contribution in [0.4, 0.5) is 0 Å². The van der Waals surface area contributed by atoms with E-state index in [-0.39, 0.29) is 37.5 Å². The lowest BCUT2D eigenvalue weighted by Crippen LogP contribution is -2.30. The monoisotopic (exact) mass is 1140 g/mol. The number of hydrogen-bond acceptors (Lipinski definition) is 6. The van der Waals surface area contributed by atoms with E-state index in [1.54, 1.807) is 0 Å². The average molecular weight is 1140 g/mol. The van der Waals surface area contributed by atoms with Crippen molar-refractivity contribution in [1.82, 2.24) is 0 Å². The molecule has 83 heavy (non-hydrogen) atoms. The minimum Gasteiger partial charge on any atom is -0.462 e. The molecular weight excluding hydrogens is 1020 g/mol. The van der Waals surface area contributed by atoms with E-state index >= 15 is 0 Å². The van der Waals surface area contributed by atoms with Crippen LogP contribution in [-0.2, 0) is 28.6 Å². The first kappa shape index (κ1) is 77.8. The van der Waals surface area contributed by atoms with E-state index in [0.29, 0.717) is 25.7 Å². The van der Waals surface area contributed by atoms with Crippen LogP contribution in [0.2, 0.25) is 0 Å². The summed E-state index contributed by atoms with van der Waals surface area (Å²) in [6, 6.07) is 0. The van der Waals surface area contributed by atoms with Crippen LogP contribution in [0.25, 0.3) is 0 Å². The van der Waals surface area contributed by atoms with Gasteiger partial charge in [-0.25, -0.2) is 0 Å². The third-order valence-corrected chi connectivity index (χ3v) is 13.7. The molecule has 1 unspecified atom stereocenters. The number of carbonyl (C=O) groups is 3. The molecule has 0 saturated heterocycles. The minimum absolute atomic E-state index is 0.121. The van der Waals surface area contributed by atoms with Crippen molar-refractivity contribution < 1.29 is 28.6 Å². The molecule has 1 atom stereocenters. The summed E-state index contributed by atoms with van der Waals surface area (Å²) >= 11 is 0. The van der Waals surface area contributed by atoms with Gasteiger partial charge in [0.1, 0.15) is 13.2 Å². The Bertz CT molecular complexity index is 1890. The van der Waals surface area contributed by atoms with Gasteiger partial charge in [0.05, 0.1) is 0 Å². The van der Waals surface area contributed by atoms with Crippen molar-refractivity contribution >= 4 is 17.9 Å². The molecule has 0 saturated carbocycles. The zero-order valence-electron chi connectivity index (χ0n) is 53.4. The second-order valence-corrected chi connectivity index (χ2v) is 21.6. The number of esters is 3. The molecule has 0 aromatic rings. The van der Waals surface area contributed by atoms with Gasteiger partial charge in [-0.3, -0.25) is 14.4 Å². The third kappa shape index (κ3) is 67.4. The molecule has 0 aromatic heterocycles. The fourth-order valence-corrected chi connectivity index (χ4v) is 8.71. The van der Waals surface area contributed by atoms with Crippen molar-refractivity contribution in [1.29, 1.82) is 0 Å². The molecule has 0 N–H and O–H groups in total. The number of rotatable bonds is 59. The van der Waals surface area contributed by atoms with Crippen molar-refractivity contribution in [2.75, 3.05) is 13.2 Å². The number of ether oxygens (including phenoxy) is 3. The summed E-state index contributed by atoms with van der Waals surface area (Å²) in [5.41, 5.74) is 0. The third-order valence-electron chi connectivity index (χ3n) is 13.7. The highest BCUT2D eigenvalue weighted by Crippen LogP contribution is 2.15. The lowest BCUT2D eigenvalue weighted by atomic mass is 10.0. The smallest absolute Gasteiger partial charge is 0.306 e. The van der Waals surface area contributed by atoms with Gasteiger partial charge in [-0.05, 0) is 154 Å². The molecule has 0 aliphatic rings. The van der Waals surface area contributed by atoms with Gasteiger partial charge in [-0.1, -0.05) is 274 Å². The summed E-state index contributed by atoms with van der Waals surface area (Å²) < 4.78 is 16.9. The van der Waals surface area contributed by atoms with Crippen molar-refractivity contribution in [3.05, 3.63) is 170 Å². The fraction of sp³-hybridized carbons (Fsp3) is 0.597. The Morgan fingerprint density at radius 1 is 0.253 bits per heavy atom. The predicted molar refractivity (Wildman–Crippen MR) is 361 cm³/mol. The van der Waals surface area contributed by atoms with Gasteiger partial charge in [-0.15, -0.1) is 0 Å². The van der Waals surface area contributed by atoms with E-state index in [1.165, 1.54) is 96.3 Å². The molecule has 6 nitrogen and oxygen atoms in total. The van der Waals surface area contributed by atoms with Crippen LogP contribution in [0.5, 0.6) is 0 Å². The number of unbranched alkanes of at least 4 members (excludes halogenated alkanes) is 20. The first-order valence-electron chi connectivity index (χ1n) is 33.6. The Morgan fingerprint density at radius 3 is 0.759 bits per heavy atom. The highest BCUT2D eigenvalue weighted by atomic mass is 16.6. The van der Waals surface area contributed by atoms with E-state index in [4.69, 9.17) is 14.2 Å². The van der Waals surface area contributed by atoms with Crippen molar-refractivity contribution in [2.24, 2.45) is 0 Å². The normalized spacial score (nSPS) is 13.2. The molecule has 0 bridgehead atoms. The van der Waals surface area contributed by atoms with Crippen LogP contribution < -0.4 is 0 Å². The molecule has 0 fully saturated rings. The first-order valence-corrected chi connectivity index (χ1v) is 33.6. The van der Waals surface area contributed by atoms with Crippen LogP contribution >= 0.6 is 0 Å². The van der Waals surface area contributed by atoms with E-state index in [1.807, 2.05) is 0 Å². The lowest BCUT2D eigenvalue weighted by Gasteiger charge is -2.18. The Balaban J connectivity index is 4.50. The summed E-state index contributed by atoms with van der Waals surface area (Å²) in [5, 5.41) is 0. The van der Waals surface area contributed by atoms with Crippen LogP contribution in [0.3, 0.4) is 0 Å². The van der Waals surface area contributed by atoms with Crippen LogP contribution in [0.1, 0.15) is 278 Å². The molecule has 0 radical (unpaired) electrons. The first-order chi connectivity index (χ1) is 41.0. The van der Waals surface area contributed by atoms with Crippen LogP contribution in [-0.4, -0.2) is 37.2 Å². The highest BCUT2D eigenvalue weighted by molar-refractivity contribution is 5.71. The van der Waals surface area contributed by atoms with E-state index in [9.17, 15) is 14.4 Å². The van der Waals surface area contributed by atoms with Crippen LogP contribution in [0.15, 0.2) is 170 Å². The van der Waals surface area contributed by atoms with Crippen molar-refractivity contribution in [3.8, 4) is 0 Å². The fourth-order valence-electron chi connectivity index (χ4n) is 8.71. The molecule has 466 valence electrons. The molecule has 0 aliphatic carbocycles. The zero-order valence-corrected chi connectivity index (χ0v) is 53.4. The van der Waals surface area contributed by atoms with E-state index < -0.39 is 6.10 Å². The Labute approximate surface area is 511 Å². The summed E-state index contributed by atoms with van der Waals surface area (Å²) in [4.78, 5) is 38.4. The molecule has 0 amide bonds. The average Bonchev–Trinajstić information content (AvgIpc) is 3.49. The number of carbonyl (C=O) groups excluding carboxylic acids is 3. The summed E-state index contributed by atoms with van der Waals surface area (Å²) in [7, 11) is 0. The molecular formula is C77H122O6. The maximum Gasteiger partial charge on any atom is 0.306 e. The number of hydrogen-bond donors (Lipinski definition) is 0. The summed E-state index contributed by atoms with van der Waals surface area (Å²) in [5.74, 6) is -1.01.